The Bertz CT molecular complexity index is 1540. The Morgan fingerprint density at radius 2 is 1.16 bits per heavy atom. The molecular formula is C52H81Cl2N2PRu. The number of nitrogens with one attached hydrogen (secondary N) is 2. The summed E-state index contributed by atoms with van der Waals surface area (Å²) >= 11 is -0.346. The average Bonchev–Trinajstić information content (AvgIpc) is 3.72. The van der Waals surface area contributed by atoms with Gasteiger partial charge in [0.15, 0.2) is 0 Å². The van der Waals surface area contributed by atoms with Gasteiger partial charge in [-0.15, -0.1) is 0 Å². The second-order valence-corrected chi connectivity index (χ2v) is 22.7. The van der Waals surface area contributed by atoms with Gasteiger partial charge >= 0.3 is 34.5 Å². The summed E-state index contributed by atoms with van der Waals surface area (Å²) in [6, 6.07) is 9.74. The van der Waals surface area contributed by atoms with Gasteiger partial charge in [-0.3, -0.25) is 0 Å². The van der Waals surface area contributed by atoms with Crippen LogP contribution in [0.4, 0.5) is 0 Å². The van der Waals surface area contributed by atoms with Gasteiger partial charge in [0.25, 0.3) is 0 Å². The van der Waals surface area contributed by atoms with Crippen LogP contribution in [-0.2, 0) is 15.1 Å². The Balaban J connectivity index is 0.00000291. The Hall–Kier alpha value is -1.37. The van der Waals surface area contributed by atoms with Crippen molar-refractivity contribution in [2.75, 3.05) is 25.4 Å². The number of unbranched alkanes of at least 4 members (excludes halogenated alkanes) is 13. The first-order valence-electron chi connectivity index (χ1n) is 23.2. The summed E-state index contributed by atoms with van der Waals surface area (Å²) in [6.45, 7) is 20.7. The average molecular weight is 937 g/mol. The van der Waals surface area contributed by atoms with Crippen molar-refractivity contribution in [2.45, 2.75) is 177 Å². The molecule has 1 fully saturated rings. The van der Waals surface area contributed by atoms with E-state index in [1.54, 1.807) is 16.7 Å². The van der Waals surface area contributed by atoms with Crippen LogP contribution in [-0.4, -0.2) is 25.4 Å². The molecule has 2 aliphatic rings. The van der Waals surface area contributed by atoms with Gasteiger partial charge in [0.05, 0.1) is 0 Å². The van der Waals surface area contributed by atoms with E-state index >= 15 is 0 Å². The van der Waals surface area contributed by atoms with Gasteiger partial charge in [0.2, 0.25) is 0 Å². The zero-order chi connectivity index (χ0) is 42.1. The van der Waals surface area contributed by atoms with Gasteiger partial charge in [0.1, 0.15) is 5.82 Å². The standard InChI is InChI=1S/C52H81N2P.2ClH.Ru/c1-9-11-13-15-19-25-33-55(34-26-20-16-14-12-10-2)49(51-44(7)37-41(4)38-45(51)8)30-22-18-17-21-28-47(50-42(5)35-40(3)36-43(50)6)39-46-27-23-24-29-48(46)52-53-31-32-54-52;;;/h23-24,27,29,35-39,46,49,53-54H,9-22,25-26,28,30-34H2,1-8H3;2*1H;/q;;;+2/p-2. The van der Waals surface area contributed by atoms with E-state index in [1.807, 2.05) is 0 Å². The van der Waals surface area contributed by atoms with Crippen LogP contribution in [0.25, 0.3) is 5.57 Å². The third-order valence-electron chi connectivity index (χ3n) is 12.2. The fourth-order valence-corrected chi connectivity index (χ4v) is 13.1. The van der Waals surface area contributed by atoms with Crippen LogP contribution < -0.4 is 10.6 Å². The van der Waals surface area contributed by atoms with E-state index in [2.05, 4.69) is 121 Å². The van der Waals surface area contributed by atoms with Gasteiger partial charge in [-0.1, -0.05) is 171 Å². The Morgan fingerprint density at radius 3 is 1.71 bits per heavy atom. The van der Waals surface area contributed by atoms with E-state index in [9.17, 15) is 0 Å². The normalized spacial score (nSPS) is 15.8. The first-order valence-corrected chi connectivity index (χ1v) is 29.4. The topological polar surface area (TPSA) is 24.1 Å². The van der Waals surface area contributed by atoms with Crippen molar-refractivity contribution in [3.8, 4) is 0 Å². The maximum atomic E-state index is 4.85. The summed E-state index contributed by atoms with van der Waals surface area (Å²) in [5.41, 5.74) is 15.6. The summed E-state index contributed by atoms with van der Waals surface area (Å²) in [4.78, 5) is 0. The van der Waals surface area contributed by atoms with Crippen molar-refractivity contribution in [3.63, 3.8) is 0 Å². The molecule has 6 heteroatoms. The fraction of sp³-hybridized carbons (Fsp3) is 0.615. The second-order valence-electron chi connectivity index (χ2n) is 17.3. The number of allylic oxidation sites excluding steroid dienone is 7. The number of halogens is 2. The van der Waals surface area contributed by atoms with E-state index in [1.165, 1.54) is 166 Å². The number of benzene rings is 2. The first kappa shape index (κ1) is 51.0. The molecule has 326 valence electrons. The summed E-state index contributed by atoms with van der Waals surface area (Å²) in [6.07, 6.45) is 39.4. The minimum atomic E-state index is -0.346. The SMILES string of the molecule is CCCCCCCCP(CCCCCCCC)C(CCCCCCC(=CC1C=CC=CC1=C1NCCN1)c1c(C)cc(C)cc1C)c1c(C)cc(C)cc1C.[Cl][Ru][Cl]. The number of rotatable bonds is 25. The number of aryl methyl sites for hydroxylation is 6. The fourth-order valence-electron chi connectivity index (χ4n) is 9.64. The molecule has 1 saturated heterocycles. The monoisotopic (exact) mass is 936 g/mol. The van der Waals surface area contributed by atoms with Crippen LogP contribution in [0.15, 0.2) is 66.0 Å². The van der Waals surface area contributed by atoms with Crippen molar-refractivity contribution in [2.24, 2.45) is 5.92 Å². The van der Waals surface area contributed by atoms with Crippen LogP contribution in [0.3, 0.4) is 0 Å². The van der Waals surface area contributed by atoms with Crippen molar-refractivity contribution in [3.05, 3.63) is 111 Å². The molecule has 0 saturated carbocycles. The van der Waals surface area contributed by atoms with Crippen molar-refractivity contribution in [1.29, 1.82) is 0 Å². The van der Waals surface area contributed by atoms with E-state index < -0.39 is 0 Å². The van der Waals surface area contributed by atoms with Gasteiger partial charge in [-0.2, -0.15) is 0 Å². The predicted octanol–water partition coefficient (Wildman–Crippen LogP) is 16.7. The molecule has 2 N–H and O–H groups in total. The third-order valence-corrected chi connectivity index (χ3v) is 15.4. The molecule has 4 rings (SSSR count). The molecule has 0 radical (unpaired) electrons. The Kier molecular flexibility index (Phi) is 26.2. The van der Waals surface area contributed by atoms with Crippen molar-refractivity contribution < 1.29 is 15.1 Å². The van der Waals surface area contributed by atoms with Gasteiger partial charge < -0.3 is 10.6 Å². The summed E-state index contributed by atoms with van der Waals surface area (Å²) in [7, 11) is 9.69. The predicted molar refractivity (Wildman–Crippen MR) is 260 cm³/mol. The molecule has 2 aromatic carbocycles. The molecular weight excluding hydrogens is 856 g/mol. The quantitative estimate of drug-likeness (QED) is 0.0589. The van der Waals surface area contributed by atoms with Crippen LogP contribution in [0.1, 0.15) is 180 Å². The van der Waals surface area contributed by atoms with E-state index in [4.69, 9.17) is 19.4 Å². The maximum absolute atomic E-state index is 4.85. The molecule has 58 heavy (non-hydrogen) atoms. The van der Waals surface area contributed by atoms with E-state index in [-0.39, 0.29) is 29.0 Å². The molecule has 1 aliphatic carbocycles. The number of hydrogen-bond acceptors (Lipinski definition) is 2. The van der Waals surface area contributed by atoms with Gasteiger partial charge in [-0.05, 0) is 125 Å². The summed E-state index contributed by atoms with van der Waals surface area (Å²) in [5.74, 6) is 1.49. The molecule has 0 spiro atoms. The Morgan fingerprint density at radius 1 is 0.672 bits per heavy atom. The molecule has 2 atom stereocenters. The zero-order valence-corrected chi connectivity index (χ0v) is 42.1. The molecule has 2 aromatic rings. The summed E-state index contributed by atoms with van der Waals surface area (Å²) in [5, 5.41) is 7.20. The van der Waals surface area contributed by atoms with E-state index in [0.29, 0.717) is 0 Å². The van der Waals surface area contributed by atoms with Crippen LogP contribution in [0.2, 0.25) is 0 Å². The first-order chi connectivity index (χ1) is 28.1. The summed E-state index contributed by atoms with van der Waals surface area (Å²) < 4.78 is 0. The zero-order valence-electron chi connectivity index (χ0n) is 38.0. The molecule has 2 nitrogen and oxygen atoms in total. The van der Waals surface area contributed by atoms with Gasteiger partial charge in [0, 0.05) is 30.2 Å². The second kappa shape index (κ2) is 29.8. The van der Waals surface area contributed by atoms with E-state index in [0.717, 1.165) is 25.2 Å². The third kappa shape index (κ3) is 17.9. The molecule has 0 aromatic heterocycles. The molecule has 1 heterocycles. The Labute approximate surface area is 374 Å². The molecule has 0 amide bonds. The van der Waals surface area contributed by atoms with Crippen LogP contribution >= 0.6 is 27.3 Å². The van der Waals surface area contributed by atoms with Crippen molar-refractivity contribution in [1.82, 2.24) is 10.6 Å². The number of hydrogen-bond donors (Lipinski definition) is 2. The van der Waals surface area contributed by atoms with Crippen LogP contribution in [0.5, 0.6) is 0 Å². The van der Waals surface area contributed by atoms with Crippen LogP contribution in [0, 0.1) is 47.5 Å². The molecule has 0 bridgehead atoms. The molecule has 2 unspecified atom stereocenters. The molecule has 1 aliphatic heterocycles. The van der Waals surface area contributed by atoms with Crippen molar-refractivity contribution >= 4 is 32.9 Å². The van der Waals surface area contributed by atoms with Gasteiger partial charge in [-0.25, -0.2) is 0 Å². The minimum absolute atomic E-state index is 0.0209.